The van der Waals surface area contributed by atoms with Crippen molar-refractivity contribution in [3.05, 3.63) is 41.7 Å². The lowest BCUT2D eigenvalue weighted by atomic mass is 10.1. The maximum absolute atomic E-state index is 12.3. The molecule has 26 heavy (non-hydrogen) atoms. The van der Waals surface area contributed by atoms with E-state index in [1.165, 1.54) is 0 Å². The van der Waals surface area contributed by atoms with E-state index in [-0.39, 0.29) is 5.91 Å². The van der Waals surface area contributed by atoms with Crippen molar-refractivity contribution < 1.29 is 24.2 Å². The van der Waals surface area contributed by atoms with Gasteiger partial charge in [0, 0.05) is 25.4 Å². The summed E-state index contributed by atoms with van der Waals surface area (Å²) in [6.07, 6.45) is 5.40. The Morgan fingerprint density at radius 1 is 1.27 bits per heavy atom. The molecule has 0 atom stereocenters. The lowest BCUT2D eigenvalue weighted by molar-refractivity contribution is -0.139. The van der Waals surface area contributed by atoms with E-state index in [2.05, 4.69) is 10.4 Å². The number of carbonyl (C=O) groups excluding carboxylic acids is 1. The fourth-order valence-electron chi connectivity index (χ4n) is 2.37. The smallest absolute Gasteiger partial charge is 0.341 e. The SMILES string of the molecule is CCOc1cc(C(=O)NCCCc2cnn(C)c2)ccc1OCC(=O)O. The number of nitrogens with one attached hydrogen (secondary N) is 1. The molecule has 1 heterocycles. The number of carbonyl (C=O) groups is 2. The van der Waals surface area contributed by atoms with Crippen molar-refractivity contribution in [1.29, 1.82) is 0 Å². The first kappa shape index (κ1) is 19.3. The molecular formula is C18H23N3O5. The molecule has 1 amide bonds. The van der Waals surface area contributed by atoms with Gasteiger partial charge >= 0.3 is 5.97 Å². The summed E-state index contributed by atoms with van der Waals surface area (Å²) in [5.74, 6) is -0.663. The fraction of sp³-hybridized carbons (Fsp3) is 0.389. The quantitative estimate of drug-likeness (QED) is 0.624. The number of rotatable bonds is 10. The largest absolute Gasteiger partial charge is 0.490 e. The van der Waals surface area contributed by atoms with Crippen molar-refractivity contribution in [2.45, 2.75) is 19.8 Å². The molecule has 0 fully saturated rings. The maximum Gasteiger partial charge on any atom is 0.341 e. The van der Waals surface area contributed by atoms with Crippen LogP contribution in [0.1, 0.15) is 29.3 Å². The van der Waals surface area contributed by atoms with E-state index in [1.54, 1.807) is 29.8 Å². The summed E-state index contributed by atoms with van der Waals surface area (Å²) in [6.45, 7) is 2.24. The first-order chi connectivity index (χ1) is 12.5. The third-order valence-corrected chi connectivity index (χ3v) is 3.54. The van der Waals surface area contributed by atoms with E-state index in [4.69, 9.17) is 14.6 Å². The third-order valence-electron chi connectivity index (χ3n) is 3.54. The van der Waals surface area contributed by atoms with Crippen LogP contribution in [0.25, 0.3) is 0 Å². The zero-order chi connectivity index (χ0) is 18.9. The van der Waals surface area contributed by atoms with Crippen LogP contribution in [-0.4, -0.2) is 46.5 Å². The number of aromatic nitrogens is 2. The van der Waals surface area contributed by atoms with Crippen LogP contribution in [0, 0.1) is 0 Å². The molecule has 8 heteroatoms. The molecule has 0 spiro atoms. The zero-order valence-electron chi connectivity index (χ0n) is 14.9. The van der Waals surface area contributed by atoms with Crippen LogP contribution in [0.3, 0.4) is 0 Å². The monoisotopic (exact) mass is 361 g/mol. The van der Waals surface area contributed by atoms with Gasteiger partial charge in [0.05, 0.1) is 12.8 Å². The van der Waals surface area contributed by atoms with Crippen LogP contribution in [0.4, 0.5) is 0 Å². The summed E-state index contributed by atoms with van der Waals surface area (Å²) in [7, 11) is 1.87. The molecule has 1 aromatic carbocycles. The zero-order valence-corrected chi connectivity index (χ0v) is 14.9. The second kappa shape index (κ2) is 9.45. The lowest BCUT2D eigenvalue weighted by Crippen LogP contribution is -2.24. The minimum atomic E-state index is -1.08. The van der Waals surface area contributed by atoms with Crippen LogP contribution in [-0.2, 0) is 18.3 Å². The number of aryl methyl sites for hydroxylation is 2. The number of nitrogens with zero attached hydrogens (tertiary/aromatic N) is 2. The Morgan fingerprint density at radius 3 is 2.73 bits per heavy atom. The van der Waals surface area contributed by atoms with E-state index >= 15 is 0 Å². The van der Waals surface area contributed by atoms with E-state index in [9.17, 15) is 9.59 Å². The number of aliphatic carboxylic acids is 1. The Morgan fingerprint density at radius 2 is 2.08 bits per heavy atom. The van der Waals surface area contributed by atoms with E-state index in [0.717, 1.165) is 18.4 Å². The Kier molecular flexibility index (Phi) is 7.02. The Hall–Kier alpha value is -3.03. The van der Waals surface area contributed by atoms with E-state index in [0.29, 0.717) is 30.2 Å². The molecule has 2 N–H and O–H groups in total. The average Bonchev–Trinajstić information content (AvgIpc) is 3.02. The summed E-state index contributed by atoms with van der Waals surface area (Å²) in [5, 5.41) is 15.7. The molecule has 0 saturated carbocycles. The molecule has 2 aromatic rings. The summed E-state index contributed by atoms with van der Waals surface area (Å²) < 4.78 is 12.4. The van der Waals surface area contributed by atoms with Crippen LogP contribution in [0.5, 0.6) is 11.5 Å². The van der Waals surface area contributed by atoms with E-state index in [1.807, 2.05) is 19.4 Å². The average molecular weight is 361 g/mol. The van der Waals surface area contributed by atoms with Crippen LogP contribution >= 0.6 is 0 Å². The molecule has 2 rings (SSSR count). The molecule has 0 saturated heterocycles. The van der Waals surface area contributed by atoms with Crippen LogP contribution < -0.4 is 14.8 Å². The Labute approximate surface area is 151 Å². The second-order valence-electron chi connectivity index (χ2n) is 5.66. The number of benzene rings is 1. The van der Waals surface area contributed by atoms with Gasteiger partial charge in [-0.25, -0.2) is 4.79 Å². The van der Waals surface area contributed by atoms with Gasteiger partial charge in [0.2, 0.25) is 0 Å². The van der Waals surface area contributed by atoms with Crippen molar-refractivity contribution >= 4 is 11.9 Å². The predicted octanol–water partition coefficient (Wildman–Crippen LogP) is 1.64. The number of ether oxygens (including phenoxy) is 2. The first-order valence-corrected chi connectivity index (χ1v) is 8.36. The lowest BCUT2D eigenvalue weighted by Gasteiger charge is -2.12. The maximum atomic E-state index is 12.3. The molecule has 8 nitrogen and oxygen atoms in total. The first-order valence-electron chi connectivity index (χ1n) is 8.36. The highest BCUT2D eigenvalue weighted by Gasteiger charge is 2.12. The highest BCUT2D eigenvalue weighted by Crippen LogP contribution is 2.28. The Balaban J connectivity index is 1.90. The number of amides is 1. The summed E-state index contributed by atoms with van der Waals surface area (Å²) in [6, 6.07) is 4.67. The Bertz CT molecular complexity index is 757. The van der Waals surface area contributed by atoms with E-state index < -0.39 is 12.6 Å². The topological polar surface area (TPSA) is 103 Å². The van der Waals surface area contributed by atoms with Crippen molar-refractivity contribution in [3.8, 4) is 11.5 Å². The van der Waals surface area contributed by atoms with Crippen molar-refractivity contribution in [1.82, 2.24) is 15.1 Å². The molecule has 0 unspecified atom stereocenters. The molecule has 140 valence electrons. The molecule has 1 aromatic heterocycles. The number of carboxylic acid groups (broad SMARTS) is 1. The third kappa shape index (κ3) is 5.80. The summed E-state index contributed by atoms with van der Waals surface area (Å²) in [5.41, 5.74) is 1.55. The fourth-order valence-corrected chi connectivity index (χ4v) is 2.37. The van der Waals surface area contributed by atoms with Crippen molar-refractivity contribution in [2.24, 2.45) is 7.05 Å². The highest BCUT2D eigenvalue weighted by molar-refractivity contribution is 5.94. The minimum absolute atomic E-state index is 0.220. The molecule has 0 bridgehead atoms. The van der Waals surface area contributed by atoms with Gasteiger partial charge in [0.1, 0.15) is 0 Å². The second-order valence-corrected chi connectivity index (χ2v) is 5.66. The molecule has 0 aliphatic rings. The van der Waals surface area contributed by atoms with Crippen molar-refractivity contribution in [3.63, 3.8) is 0 Å². The molecular weight excluding hydrogens is 338 g/mol. The van der Waals surface area contributed by atoms with Gasteiger partial charge < -0.3 is 19.9 Å². The van der Waals surface area contributed by atoms with Gasteiger partial charge in [0.25, 0.3) is 5.91 Å². The van der Waals surface area contributed by atoms with Crippen LogP contribution in [0.2, 0.25) is 0 Å². The van der Waals surface area contributed by atoms with Gasteiger partial charge in [0.15, 0.2) is 18.1 Å². The number of hydrogen-bond acceptors (Lipinski definition) is 5. The van der Waals surface area contributed by atoms with Gasteiger partial charge in [-0.2, -0.15) is 5.10 Å². The van der Waals surface area contributed by atoms with Gasteiger partial charge in [-0.1, -0.05) is 0 Å². The van der Waals surface area contributed by atoms with Gasteiger partial charge in [-0.3, -0.25) is 9.48 Å². The van der Waals surface area contributed by atoms with Gasteiger partial charge in [-0.15, -0.1) is 0 Å². The highest BCUT2D eigenvalue weighted by atomic mass is 16.5. The predicted molar refractivity (Wildman–Crippen MR) is 94.6 cm³/mol. The minimum Gasteiger partial charge on any atom is -0.490 e. The molecule has 0 aliphatic heterocycles. The number of hydrogen-bond donors (Lipinski definition) is 2. The molecule has 0 aliphatic carbocycles. The van der Waals surface area contributed by atoms with Crippen molar-refractivity contribution in [2.75, 3.05) is 19.8 Å². The summed E-state index contributed by atoms with van der Waals surface area (Å²) in [4.78, 5) is 22.9. The normalized spacial score (nSPS) is 10.4. The van der Waals surface area contributed by atoms with Gasteiger partial charge in [-0.05, 0) is 43.5 Å². The number of carboxylic acids is 1. The summed E-state index contributed by atoms with van der Waals surface area (Å²) >= 11 is 0. The molecule has 0 radical (unpaired) electrons. The standard InChI is InChI=1S/C18H23N3O5/c1-3-25-16-9-14(6-7-15(16)26-12-17(22)23)18(24)19-8-4-5-13-10-20-21(2)11-13/h6-7,9-11H,3-5,8,12H2,1-2H3,(H,19,24)(H,22,23). The van der Waals surface area contributed by atoms with Crippen LogP contribution in [0.15, 0.2) is 30.6 Å².